The molecule has 6 heteroatoms. The lowest BCUT2D eigenvalue weighted by atomic mass is 10.0. The Morgan fingerprint density at radius 2 is 1.63 bits per heavy atom. The van der Waals surface area contributed by atoms with Gasteiger partial charge in [0.25, 0.3) is 5.91 Å². The highest BCUT2D eigenvalue weighted by molar-refractivity contribution is 7.89. The molecule has 1 N–H and O–H groups in total. The quantitative estimate of drug-likeness (QED) is 0.733. The van der Waals surface area contributed by atoms with Crippen molar-refractivity contribution in [2.75, 3.05) is 14.1 Å². The Bertz CT molecular complexity index is 1090. The van der Waals surface area contributed by atoms with Gasteiger partial charge in [0.2, 0.25) is 10.0 Å². The predicted molar refractivity (Wildman–Crippen MR) is 107 cm³/mol. The molecular formula is C21H22N2O3S. The van der Waals surface area contributed by atoms with Gasteiger partial charge in [-0.25, -0.2) is 12.7 Å². The average Bonchev–Trinajstić information content (AvgIpc) is 2.67. The second-order valence-electron chi connectivity index (χ2n) is 6.62. The average molecular weight is 382 g/mol. The van der Waals surface area contributed by atoms with E-state index in [0.29, 0.717) is 5.56 Å². The molecule has 1 unspecified atom stereocenters. The first kappa shape index (κ1) is 19.1. The lowest BCUT2D eigenvalue weighted by molar-refractivity contribution is 0.0939. The summed E-state index contributed by atoms with van der Waals surface area (Å²) in [5.74, 6) is -0.313. The number of hydrogen-bond acceptors (Lipinski definition) is 3. The first-order valence-electron chi connectivity index (χ1n) is 8.61. The normalized spacial score (nSPS) is 12.9. The van der Waals surface area contributed by atoms with Crippen LogP contribution < -0.4 is 5.32 Å². The van der Waals surface area contributed by atoms with E-state index in [4.69, 9.17) is 0 Å². The zero-order valence-corrected chi connectivity index (χ0v) is 16.3. The highest BCUT2D eigenvalue weighted by Crippen LogP contribution is 2.21. The molecule has 0 bridgehead atoms. The molecule has 5 nitrogen and oxygen atoms in total. The summed E-state index contributed by atoms with van der Waals surface area (Å²) in [4.78, 5) is 12.7. The molecule has 1 atom stereocenters. The minimum atomic E-state index is -3.58. The van der Waals surface area contributed by atoms with Crippen LogP contribution in [0.2, 0.25) is 0 Å². The summed E-state index contributed by atoms with van der Waals surface area (Å²) >= 11 is 0. The van der Waals surface area contributed by atoms with Gasteiger partial charge >= 0.3 is 0 Å². The Morgan fingerprint density at radius 3 is 2.33 bits per heavy atom. The monoisotopic (exact) mass is 382 g/mol. The summed E-state index contributed by atoms with van der Waals surface area (Å²) in [6.45, 7) is 1.91. The molecule has 0 radical (unpaired) electrons. The second kappa shape index (κ2) is 7.50. The Labute approximate surface area is 159 Å². The molecule has 0 fully saturated rings. The van der Waals surface area contributed by atoms with Gasteiger partial charge in [0.05, 0.1) is 10.9 Å². The van der Waals surface area contributed by atoms with Crippen LogP contribution in [0.3, 0.4) is 0 Å². The Hall–Kier alpha value is -2.70. The van der Waals surface area contributed by atoms with Crippen LogP contribution in [0.4, 0.5) is 0 Å². The van der Waals surface area contributed by atoms with Gasteiger partial charge < -0.3 is 5.32 Å². The number of rotatable bonds is 5. The molecule has 0 aliphatic carbocycles. The van der Waals surface area contributed by atoms with E-state index in [9.17, 15) is 13.2 Å². The van der Waals surface area contributed by atoms with Gasteiger partial charge in [-0.2, -0.15) is 0 Å². The van der Waals surface area contributed by atoms with E-state index < -0.39 is 10.0 Å². The highest BCUT2D eigenvalue weighted by atomic mass is 32.2. The first-order valence-corrected chi connectivity index (χ1v) is 10.1. The van der Waals surface area contributed by atoms with Gasteiger partial charge in [-0.3, -0.25) is 4.79 Å². The van der Waals surface area contributed by atoms with Crippen LogP contribution in [0, 0.1) is 0 Å². The van der Waals surface area contributed by atoms with Crippen LogP contribution in [0.5, 0.6) is 0 Å². The van der Waals surface area contributed by atoms with Crippen LogP contribution in [0.25, 0.3) is 10.8 Å². The lowest BCUT2D eigenvalue weighted by Gasteiger charge is -2.16. The van der Waals surface area contributed by atoms with Crippen LogP contribution in [0.1, 0.15) is 28.9 Å². The highest BCUT2D eigenvalue weighted by Gasteiger charge is 2.19. The molecule has 0 aromatic heterocycles. The summed E-state index contributed by atoms with van der Waals surface area (Å²) in [5.41, 5.74) is 1.30. The Kier molecular flexibility index (Phi) is 5.30. The SMILES string of the molecule is CC(NC(=O)c1cccc(S(=O)(=O)N(C)C)c1)c1ccc2ccccc2c1. The molecular weight excluding hydrogens is 360 g/mol. The van der Waals surface area contributed by atoms with E-state index in [1.807, 2.05) is 49.4 Å². The molecule has 0 saturated heterocycles. The molecule has 0 spiro atoms. The number of carbonyl (C=O) groups is 1. The van der Waals surface area contributed by atoms with Gasteiger partial charge in [0.1, 0.15) is 0 Å². The van der Waals surface area contributed by atoms with E-state index in [0.717, 1.165) is 20.6 Å². The van der Waals surface area contributed by atoms with Crippen LogP contribution >= 0.6 is 0 Å². The maximum absolute atomic E-state index is 12.6. The largest absolute Gasteiger partial charge is 0.346 e. The van der Waals surface area contributed by atoms with Gasteiger partial charge in [0, 0.05) is 19.7 Å². The zero-order chi connectivity index (χ0) is 19.6. The van der Waals surface area contributed by atoms with Crippen molar-refractivity contribution in [1.82, 2.24) is 9.62 Å². The van der Waals surface area contributed by atoms with Gasteiger partial charge in [0.15, 0.2) is 0 Å². The summed E-state index contributed by atoms with van der Waals surface area (Å²) in [6.07, 6.45) is 0. The molecule has 0 heterocycles. The Balaban J connectivity index is 1.82. The number of nitrogens with zero attached hydrogens (tertiary/aromatic N) is 1. The van der Waals surface area contributed by atoms with Crippen molar-refractivity contribution in [3.63, 3.8) is 0 Å². The fourth-order valence-corrected chi connectivity index (χ4v) is 3.80. The number of benzene rings is 3. The van der Waals surface area contributed by atoms with Crippen molar-refractivity contribution < 1.29 is 13.2 Å². The molecule has 3 aromatic rings. The third-order valence-corrected chi connectivity index (χ3v) is 6.31. The van der Waals surface area contributed by atoms with Gasteiger partial charge in [-0.1, -0.05) is 42.5 Å². The van der Waals surface area contributed by atoms with E-state index in [-0.39, 0.29) is 16.8 Å². The summed E-state index contributed by atoms with van der Waals surface area (Å²) in [7, 11) is -0.660. The van der Waals surface area contributed by atoms with E-state index >= 15 is 0 Å². The van der Waals surface area contributed by atoms with Crippen molar-refractivity contribution in [3.8, 4) is 0 Å². The number of sulfonamides is 1. The molecule has 0 saturated carbocycles. The van der Waals surface area contributed by atoms with Gasteiger partial charge in [-0.05, 0) is 47.5 Å². The summed E-state index contributed by atoms with van der Waals surface area (Å²) < 4.78 is 25.7. The number of amides is 1. The van der Waals surface area contributed by atoms with Crippen LogP contribution in [-0.2, 0) is 10.0 Å². The number of hydrogen-bond donors (Lipinski definition) is 1. The van der Waals surface area contributed by atoms with Crippen molar-refractivity contribution in [2.24, 2.45) is 0 Å². The lowest BCUT2D eigenvalue weighted by Crippen LogP contribution is -2.27. The second-order valence-corrected chi connectivity index (χ2v) is 8.77. The molecule has 140 valence electrons. The third kappa shape index (κ3) is 4.02. The van der Waals surface area contributed by atoms with Crippen molar-refractivity contribution in [1.29, 1.82) is 0 Å². The summed E-state index contributed by atoms with van der Waals surface area (Å²) in [6, 6.07) is 20.0. The summed E-state index contributed by atoms with van der Waals surface area (Å²) in [5, 5.41) is 5.18. The van der Waals surface area contributed by atoms with Crippen LogP contribution in [-0.4, -0.2) is 32.7 Å². The zero-order valence-electron chi connectivity index (χ0n) is 15.5. The van der Waals surface area contributed by atoms with Gasteiger partial charge in [-0.15, -0.1) is 0 Å². The van der Waals surface area contributed by atoms with E-state index in [2.05, 4.69) is 5.32 Å². The molecule has 0 aliphatic rings. The molecule has 1 amide bonds. The first-order chi connectivity index (χ1) is 12.8. The molecule has 27 heavy (non-hydrogen) atoms. The third-order valence-electron chi connectivity index (χ3n) is 4.50. The number of carbonyl (C=O) groups excluding carboxylic acids is 1. The van der Waals surface area contributed by atoms with E-state index in [1.54, 1.807) is 12.1 Å². The number of nitrogens with one attached hydrogen (secondary N) is 1. The minimum absolute atomic E-state index is 0.0958. The smallest absolute Gasteiger partial charge is 0.251 e. The van der Waals surface area contributed by atoms with Crippen LogP contribution in [0.15, 0.2) is 71.6 Å². The van der Waals surface area contributed by atoms with Crippen molar-refractivity contribution >= 4 is 26.7 Å². The molecule has 3 aromatic carbocycles. The van der Waals surface area contributed by atoms with Crippen molar-refractivity contribution in [2.45, 2.75) is 17.9 Å². The predicted octanol–water partition coefficient (Wildman–Crippen LogP) is 3.58. The minimum Gasteiger partial charge on any atom is -0.346 e. The standard InChI is InChI=1S/C21H22N2O3S/c1-15(17-12-11-16-7-4-5-8-18(16)13-17)22-21(24)19-9-6-10-20(14-19)27(25,26)23(2)3/h4-15H,1-3H3,(H,22,24). The topological polar surface area (TPSA) is 66.5 Å². The Morgan fingerprint density at radius 1 is 0.926 bits per heavy atom. The fraction of sp³-hybridized carbons (Fsp3) is 0.190. The fourth-order valence-electron chi connectivity index (χ4n) is 2.85. The number of fused-ring (bicyclic) bond motifs is 1. The van der Waals surface area contributed by atoms with Crippen molar-refractivity contribution in [3.05, 3.63) is 77.9 Å². The molecule has 3 rings (SSSR count). The maximum atomic E-state index is 12.6. The molecule has 0 aliphatic heterocycles. The maximum Gasteiger partial charge on any atom is 0.251 e. The van der Waals surface area contributed by atoms with E-state index in [1.165, 1.54) is 26.2 Å².